The molecule has 25 heavy (non-hydrogen) atoms. The Morgan fingerprint density at radius 1 is 1.40 bits per heavy atom. The van der Waals surface area contributed by atoms with Crippen LogP contribution in [0.2, 0.25) is 0 Å². The van der Waals surface area contributed by atoms with E-state index in [1.807, 2.05) is 38.3 Å². The summed E-state index contributed by atoms with van der Waals surface area (Å²) in [5, 5.41) is 17.6. The predicted molar refractivity (Wildman–Crippen MR) is 107 cm³/mol. The van der Waals surface area contributed by atoms with Crippen molar-refractivity contribution in [3.05, 3.63) is 53.6 Å². The highest BCUT2D eigenvalue weighted by Gasteiger charge is 2.11. The molecule has 1 atom stereocenters. The molecule has 0 aliphatic rings. The highest BCUT2D eigenvalue weighted by molar-refractivity contribution is 14.0. The number of benzene rings is 1. The van der Waals surface area contributed by atoms with Crippen LogP contribution in [0, 0.1) is 5.82 Å². The van der Waals surface area contributed by atoms with Gasteiger partial charge in [0.2, 0.25) is 0 Å². The summed E-state index contributed by atoms with van der Waals surface area (Å²) in [6.07, 6.45) is 2.99. The number of guanidine groups is 1. The summed E-state index contributed by atoms with van der Waals surface area (Å²) in [5.41, 5.74) is 1.72. The number of halogens is 2. The summed E-state index contributed by atoms with van der Waals surface area (Å²) in [4.78, 5) is 6.45. The van der Waals surface area contributed by atoms with Crippen molar-refractivity contribution >= 4 is 29.9 Å². The van der Waals surface area contributed by atoms with Crippen molar-refractivity contribution < 1.29 is 9.50 Å². The molecule has 0 aliphatic heterocycles. The fourth-order valence-electron chi connectivity index (χ4n) is 2.34. The van der Waals surface area contributed by atoms with Crippen LogP contribution in [-0.2, 0) is 13.6 Å². The van der Waals surface area contributed by atoms with Crippen LogP contribution >= 0.6 is 24.0 Å². The Kier molecular flexibility index (Phi) is 8.84. The Morgan fingerprint density at radius 3 is 2.64 bits per heavy atom. The SMILES string of the molecule is CCNC(=NCC(O)c1ccc(F)cc1)N(C)Cc1cnn(C)c1.I. The van der Waals surface area contributed by atoms with Gasteiger partial charge in [-0.1, -0.05) is 12.1 Å². The zero-order valence-electron chi connectivity index (χ0n) is 14.7. The molecule has 1 aromatic carbocycles. The zero-order chi connectivity index (χ0) is 17.5. The number of hydrogen-bond donors (Lipinski definition) is 2. The number of aromatic nitrogens is 2. The van der Waals surface area contributed by atoms with Crippen LogP contribution < -0.4 is 5.32 Å². The van der Waals surface area contributed by atoms with E-state index >= 15 is 0 Å². The smallest absolute Gasteiger partial charge is 0.194 e. The van der Waals surface area contributed by atoms with E-state index in [0.29, 0.717) is 18.1 Å². The molecule has 0 aliphatic carbocycles. The predicted octanol–water partition coefficient (Wildman–Crippen LogP) is 2.31. The summed E-state index contributed by atoms with van der Waals surface area (Å²) in [6.45, 7) is 3.57. The summed E-state index contributed by atoms with van der Waals surface area (Å²) in [6, 6.07) is 5.81. The Morgan fingerprint density at radius 2 is 2.08 bits per heavy atom. The van der Waals surface area contributed by atoms with Gasteiger partial charge in [-0.2, -0.15) is 5.10 Å². The van der Waals surface area contributed by atoms with Crippen LogP contribution in [0.3, 0.4) is 0 Å². The normalized spacial score (nSPS) is 12.4. The van der Waals surface area contributed by atoms with Crippen LogP contribution in [-0.4, -0.2) is 45.9 Å². The molecule has 0 bridgehead atoms. The first-order valence-electron chi connectivity index (χ1n) is 7.90. The molecule has 8 heteroatoms. The van der Waals surface area contributed by atoms with E-state index in [1.54, 1.807) is 16.8 Å². The molecule has 0 spiro atoms. The third kappa shape index (κ3) is 6.62. The number of rotatable bonds is 6. The monoisotopic (exact) mass is 461 g/mol. The average Bonchev–Trinajstić information content (AvgIpc) is 2.96. The second-order valence-electron chi connectivity index (χ2n) is 5.64. The first kappa shape index (κ1) is 21.4. The van der Waals surface area contributed by atoms with Gasteiger partial charge in [-0.3, -0.25) is 9.67 Å². The van der Waals surface area contributed by atoms with Crippen LogP contribution in [0.4, 0.5) is 4.39 Å². The van der Waals surface area contributed by atoms with E-state index in [2.05, 4.69) is 15.4 Å². The van der Waals surface area contributed by atoms with Gasteiger partial charge < -0.3 is 15.3 Å². The van der Waals surface area contributed by atoms with Gasteiger partial charge in [0, 0.05) is 38.9 Å². The Hall–Kier alpha value is -1.68. The molecule has 1 aromatic heterocycles. The number of aliphatic imine (C=N–C) groups is 1. The third-order valence-electron chi connectivity index (χ3n) is 3.54. The Labute approximate surface area is 164 Å². The fourth-order valence-corrected chi connectivity index (χ4v) is 2.34. The van der Waals surface area contributed by atoms with E-state index in [4.69, 9.17) is 0 Å². The number of aryl methyl sites for hydroxylation is 1. The standard InChI is InChI=1S/C17H24FN5O.HI/c1-4-19-17(22(2)11-13-9-21-23(3)12-13)20-10-16(24)14-5-7-15(18)8-6-14;/h5-9,12,16,24H,4,10-11H2,1-3H3,(H,19,20);1H. The summed E-state index contributed by atoms with van der Waals surface area (Å²) in [7, 11) is 3.81. The summed E-state index contributed by atoms with van der Waals surface area (Å²) in [5.74, 6) is 0.376. The maximum absolute atomic E-state index is 12.9. The van der Waals surface area contributed by atoms with E-state index in [-0.39, 0.29) is 36.3 Å². The number of nitrogens with zero attached hydrogens (tertiary/aromatic N) is 4. The minimum atomic E-state index is -0.772. The van der Waals surface area contributed by atoms with Crippen molar-refractivity contribution in [3.8, 4) is 0 Å². The molecule has 0 fully saturated rings. The molecular weight excluding hydrogens is 436 g/mol. The number of nitrogens with one attached hydrogen (secondary N) is 1. The first-order valence-corrected chi connectivity index (χ1v) is 7.90. The lowest BCUT2D eigenvalue weighted by molar-refractivity contribution is 0.186. The molecule has 2 rings (SSSR count). The molecule has 0 saturated carbocycles. The fraction of sp³-hybridized carbons (Fsp3) is 0.412. The highest BCUT2D eigenvalue weighted by atomic mass is 127. The van der Waals surface area contributed by atoms with Gasteiger partial charge in [-0.15, -0.1) is 24.0 Å². The van der Waals surface area contributed by atoms with Gasteiger partial charge in [-0.05, 0) is 24.6 Å². The lowest BCUT2D eigenvalue weighted by atomic mass is 10.1. The van der Waals surface area contributed by atoms with Crippen molar-refractivity contribution in [2.24, 2.45) is 12.0 Å². The second-order valence-corrected chi connectivity index (χ2v) is 5.64. The zero-order valence-corrected chi connectivity index (χ0v) is 17.0. The van der Waals surface area contributed by atoms with E-state index < -0.39 is 6.10 Å². The third-order valence-corrected chi connectivity index (χ3v) is 3.54. The first-order chi connectivity index (χ1) is 11.5. The van der Waals surface area contributed by atoms with Crippen molar-refractivity contribution in [2.45, 2.75) is 19.6 Å². The maximum atomic E-state index is 12.9. The molecule has 6 nitrogen and oxygen atoms in total. The molecule has 2 aromatic rings. The largest absolute Gasteiger partial charge is 0.386 e. The Balaban J connectivity index is 0.00000312. The lowest BCUT2D eigenvalue weighted by Gasteiger charge is -2.22. The molecule has 1 unspecified atom stereocenters. The van der Waals surface area contributed by atoms with Crippen molar-refractivity contribution in [1.29, 1.82) is 0 Å². The molecule has 0 saturated heterocycles. The molecular formula is C17H25FIN5O. The number of aliphatic hydroxyl groups excluding tert-OH is 1. The highest BCUT2D eigenvalue weighted by Crippen LogP contribution is 2.14. The topological polar surface area (TPSA) is 65.7 Å². The van der Waals surface area contributed by atoms with E-state index in [1.165, 1.54) is 12.1 Å². The van der Waals surface area contributed by atoms with Gasteiger partial charge in [0.15, 0.2) is 5.96 Å². The van der Waals surface area contributed by atoms with Crippen LogP contribution in [0.15, 0.2) is 41.7 Å². The molecule has 0 amide bonds. The van der Waals surface area contributed by atoms with E-state index in [0.717, 1.165) is 12.1 Å². The average molecular weight is 461 g/mol. The number of aliphatic hydroxyl groups is 1. The minimum absolute atomic E-state index is 0. The van der Waals surface area contributed by atoms with Gasteiger partial charge in [0.05, 0.1) is 18.8 Å². The minimum Gasteiger partial charge on any atom is -0.386 e. The van der Waals surface area contributed by atoms with Gasteiger partial charge in [-0.25, -0.2) is 4.39 Å². The van der Waals surface area contributed by atoms with Crippen LogP contribution in [0.25, 0.3) is 0 Å². The Bertz CT molecular complexity index is 674. The van der Waals surface area contributed by atoms with Gasteiger partial charge in [0.1, 0.15) is 5.82 Å². The van der Waals surface area contributed by atoms with Crippen molar-refractivity contribution in [1.82, 2.24) is 20.0 Å². The van der Waals surface area contributed by atoms with Crippen LogP contribution in [0.5, 0.6) is 0 Å². The van der Waals surface area contributed by atoms with Crippen molar-refractivity contribution in [3.63, 3.8) is 0 Å². The van der Waals surface area contributed by atoms with E-state index in [9.17, 15) is 9.50 Å². The molecule has 0 radical (unpaired) electrons. The van der Waals surface area contributed by atoms with Crippen molar-refractivity contribution in [2.75, 3.05) is 20.1 Å². The molecule has 138 valence electrons. The quantitative estimate of drug-likeness (QED) is 0.394. The summed E-state index contributed by atoms with van der Waals surface area (Å²) >= 11 is 0. The van der Waals surface area contributed by atoms with Gasteiger partial charge in [0.25, 0.3) is 0 Å². The molecule has 2 N–H and O–H groups in total. The number of hydrogen-bond acceptors (Lipinski definition) is 3. The summed E-state index contributed by atoms with van der Waals surface area (Å²) < 4.78 is 14.7. The molecule has 1 heterocycles. The maximum Gasteiger partial charge on any atom is 0.194 e. The van der Waals surface area contributed by atoms with Crippen LogP contribution in [0.1, 0.15) is 24.2 Å². The lowest BCUT2D eigenvalue weighted by Crippen LogP contribution is -2.38. The van der Waals surface area contributed by atoms with Gasteiger partial charge >= 0.3 is 0 Å². The second kappa shape index (κ2) is 10.3.